The Bertz CT molecular complexity index is 1410. The Morgan fingerprint density at radius 1 is 0.911 bits per heavy atom. The van der Waals surface area contributed by atoms with Crippen LogP contribution in [-0.4, -0.2) is 73.0 Å². The van der Waals surface area contributed by atoms with Crippen LogP contribution < -0.4 is 25.4 Å². The SMILES string of the molecule is COc1ccc(C(OCC(NC(=O)CCCCC2SCC3NC(=O)NC32)C(=O)O)(c2ccccc2)c2ccc(OC)cc2)cc1. The first-order chi connectivity index (χ1) is 21.8. The lowest BCUT2D eigenvalue weighted by Gasteiger charge is -2.37. The van der Waals surface area contributed by atoms with Crippen molar-refractivity contribution in [2.24, 2.45) is 0 Å². The normalized spacial score (nSPS) is 19.6. The van der Waals surface area contributed by atoms with E-state index in [1.165, 1.54) is 0 Å². The molecule has 0 saturated carbocycles. The lowest BCUT2D eigenvalue weighted by Crippen LogP contribution is -2.46. The Morgan fingerprint density at radius 2 is 1.51 bits per heavy atom. The number of carboxylic acid groups (broad SMARTS) is 1. The minimum absolute atomic E-state index is 0.117. The molecule has 2 heterocycles. The van der Waals surface area contributed by atoms with Gasteiger partial charge < -0.3 is 35.3 Å². The number of fused-ring (bicyclic) bond motifs is 1. The van der Waals surface area contributed by atoms with Crippen molar-refractivity contribution < 1.29 is 33.7 Å². The predicted molar refractivity (Wildman–Crippen MR) is 172 cm³/mol. The third kappa shape index (κ3) is 7.37. The summed E-state index contributed by atoms with van der Waals surface area (Å²) in [6.45, 7) is -0.289. The van der Waals surface area contributed by atoms with Gasteiger partial charge in [0.15, 0.2) is 6.04 Å². The molecule has 4 N–H and O–H groups in total. The van der Waals surface area contributed by atoms with Gasteiger partial charge in [-0.3, -0.25) is 4.79 Å². The average Bonchev–Trinajstić information content (AvgIpc) is 3.62. The number of hydrogen-bond donors (Lipinski definition) is 4. The van der Waals surface area contributed by atoms with Gasteiger partial charge in [-0.25, -0.2) is 9.59 Å². The van der Waals surface area contributed by atoms with E-state index in [1.54, 1.807) is 14.2 Å². The highest BCUT2D eigenvalue weighted by atomic mass is 32.2. The molecule has 0 radical (unpaired) electrons. The van der Waals surface area contributed by atoms with Crippen molar-refractivity contribution in [2.45, 2.75) is 54.7 Å². The summed E-state index contributed by atoms with van der Waals surface area (Å²) < 4.78 is 17.5. The number of unbranched alkanes of at least 4 members (excludes halogenated alkanes) is 1. The lowest BCUT2D eigenvalue weighted by atomic mass is 9.80. The number of methoxy groups -OCH3 is 2. The van der Waals surface area contributed by atoms with Gasteiger partial charge in [0.05, 0.1) is 32.9 Å². The number of carbonyl (C=O) groups excluding carboxylic acids is 2. The fourth-order valence-corrected chi connectivity index (χ4v) is 7.54. The van der Waals surface area contributed by atoms with Gasteiger partial charge in [0.25, 0.3) is 0 Å². The number of rotatable bonds is 15. The van der Waals surface area contributed by atoms with E-state index in [1.807, 2.05) is 90.6 Å². The van der Waals surface area contributed by atoms with Gasteiger partial charge in [0, 0.05) is 17.4 Å². The molecule has 2 aliphatic heterocycles. The fraction of sp³-hybridized carbons (Fsp3) is 0.382. The Balaban J connectivity index is 1.31. The summed E-state index contributed by atoms with van der Waals surface area (Å²) in [7, 11) is 3.18. The van der Waals surface area contributed by atoms with Gasteiger partial charge in [0.1, 0.15) is 17.1 Å². The van der Waals surface area contributed by atoms with Crippen molar-refractivity contribution in [1.82, 2.24) is 16.0 Å². The van der Waals surface area contributed by atoms with Crippen molar-refractivity contribution in [2.75, 3.05) is 26.6 Å². The van der Waals surface area contributed by atoms with Gasteiger partial charge in [-0.2, -0.15) is 11.8 Å². The molecule has 0 spiro atoms. The van der Waals surface area contributed by atoms with Crippen LogP contribution in [0.4, 0.5) is 4.79 Å². The van der Waals surface area contributed by atoms with Crippen LogP contribution in [-0.2, 0) is 19.9 Å². The summed E-state index contributed by atoms with van der Waals surface area (Å²) >= 11 is 1.83. The number of benzene rings is 3. The van der Waals surface area contributed by atoms with Crippen molar-refractivity contribution in [1.29, 1.82) is 0 Å². The molecule has 45 heavy (non-hydrogen) atoms. The summed E-state index contributed by atoms with van der Waals surface area (Å²) in [5, 5.41) is 19.0. The molecule has 5 rings (SSSR count). The molecule has 0 bridgehead atoms. The van der Waals surface area contributed by atoms with Crippen LogP contribution in [0.5, 0.6) is 11.5 Å². The van der Waals surface area contributed by atoms with E-state index in [0.717, 1.165) is 35.3 Å². The van der Waals surface area contributed by atoms with Crippen LogP contribution in [0.1, 0.15) is 42.4 Å². The highest BCUT2D eigenvalue weighted by molar-refractivity contribution is 8.00. The molecular weight excluding hydrogens is 594 g/mol. The molecule has 238 valence electrons. The highest BCUT2D eigenvalue weighted by Crippen LogP contribution is 2.42. The van der Waals surface area contributed by atoms with Crippen LogP contribution in [0.25, 0.3) is 0 Å². The Morgan fingerprint density at radius 3 is 2.09 bits per heavy atom. The second kappa shape index (κ2) is 14.7. The number of hydrogen-bond acceptors (Lipinski definition) is 7. The van der Waals surface area contributed by atoms with Gasteiger partial charge in [-0.05, 0) is 53.8 Å². The minimum Gasteiger partial charge on any atom is -0.497 e. The number of aliphatic carboxylic acids is 1. The molecular formula is C34H39N3O7S. The second-order valence-corrected chi connectivity index (χ2v) is 12.4. The summed E-state index contributed by atoms with van der Waals surface area (Å²) in [6, 6.07) is 23.3. The quantitative estimate of drug-likeness (QED) is 0.111. The zero-order valence-electron chi connectivity index (χ0n) is 25.4. The fourth-order valence-electron chi connectivity index (χ4n) is 6.00. The lowest BCUT2D eigenvalue weighted by molar-refractivity contribution is -0.145. The van der Waals surface area contributed by atoms with E-state index in [2.05, 4.69) is 16.0 Å². The number of thioether (sulfide) groups is 1. The number of carboxylic acids is 1. The third-order valence-corrected chi connectivity index (χ3v) is 9.86. The Hall–Kier alpha value is -4.22. The molecule has 3 amide bonds. The van der Waals surface area contributed by atoms with Crippen LogP contribution in [0.2, 0.25) is 0 Å². The van der Waals surface area contributed by atoms with Crippen molar-refractivity contribution in [3.8, 4) is 11.5 Å². The van der Waals surface area contributed by atoms with Gasteiger partial charge in [-0.15, -0.1) is 0 Å². The first kappa shape index (κ1) is 32.2. The first-order valence-corrected chi connectivity index (χ1v) is 16.1. The van der Waals surface area contributed by atoms with E-state index in [-0.39, 0.29) is 37.0 Å². The van der Waals surface area contributed by atoms with E-state index in [4.69, 9.17) is 14.2 Å². The Kier molecular flexibility index (Phi) is 10.5. The van der Waals surface area contributed by atoms with Crippen LogP contribution in [0, 0.1) is 0 Å². The molecule has 2 saturated heterocycles. The number of ether oxygens (including phenoxy) is 3. The van der Waals surface area contributed by atoms with Gasteiger partial charge >= 0.3 is 12.0 Å². The molecule has 0 aliphatic carbocycles. The third-order valence-electron chi connectivity index (χ3n) is 8.35. The van der Waals surface area contributed by atoms with Gasteiger partial charge in [-0.1, -0.05) is 61.0 Å². The standard InChI is InChI=1S/C34H39N3O7S/c1-42-25-16-12-23(13-17-25)34(22-8-4-3-5-9-22,24-14-18-26(43-2)19-15-24)44-20-27(32(39)40)35-30(38)11-7-6-10-29-31-28(21-45-29)36-33(41)37-31/h3-5,8-9,12-19,27-29,31H,6-7,10-11,20-21H2,1-2H3,(H,35,38)(H,39,40)(H2,36,37,41). The molecule has 4 atom stereocenters. The van der Waals surface area contributed by atoms with Crippen molar-refractivity contribution in [3.05, 3.63) is 95.6 Å². The van der Waals surface area contributed by atoms with Crippen molar-refractivity contribution in [3.63, 3.8) is 0 Å². The molecule has 10 nitrogen and oxygen atoms in total. The molecule has 3 aromatic rings. The van der Waals surface area contributed by atoms with E-state index in [9.17, 15) is 19.5 Å². The van der Waals surface area contributed by atoms with Crippen LogP contribution >= 0.6 is 11.8 Å². The number of nitrogens with one attached hydrogen (secondary N) is 3. The smallest absolute Gasteiger partial charge is 0.328 e. The first-order valence-electron chi connectivity index (χ1n) is 15.0. The largest absolute Gasteiger partial charge is 0.497 e. The number of amides is 3. The van der Waals surface area contributed by atoms with Gasteiger partial charge in [0.2, 0.25) is 5.91 Å². The maximum atomic E-state index is 12.9. The maximum Gasteiger partial charge on any atom is 0.328 e. The van der Waals surface area contributed by atoms with Crippen LogP contribution in [0.3, 0.4) is 0 Å². The van der Waals surface area contributed by atoms with E-state index in [0.29, 0.717) is 23.2 Å². The Labute approximate surface area is 267 Å². The highest BCUT2D eigenvalue weighted by Gasteiger charge is 2.43. The number of carbonyl (C=O) groups is 3. The topological polar surface area (TPSA) is 135 Å². The molecule has 4 unspecified atom stereocenters. The van der Waals surface area contributed by atoms with E-state index >= 15 is 0 Å². The minimum atomic E-state index is -1.27. The molecule has 2 aliphatic rings. The monoisotopic (exact) mass is 633 g/mol. The van der Waals surface area contributed by atoms with E-state index < -0.39 is 17.6 Å². The zero-order valence-corrected chi connectivity index (χ0v) is 26.2. The maximum absolute atomic E-state index is 12.9. The molecule has 0 aromatic heterocycles. The van der Waals surface area contributed by atoms with Crippen molar-refractivity contribution >= 4 is 29.7 Å². The summed E-state index contributed by atoms with van der Waals surface area (Å²) in [4.78, 5) is 37.0. The molecule has 3 aromatic carbocycles. The predicted octanol–water partition coefficient (Wildman–Crippen LogP) is 4.31. The summed E-state index contributed by atoms with van der Waals surface area (Å²) in [5.41, 5.74) is 1.10. The average molecular weight is 634 g/mol. The summed E-state index contributed by atoms with van der Waals surface area (Å²) in [6.07, 6.45) is 2.47. The molecule has 11 heteroatoms. The zero-order chi connectivity index (χ0) is 31.8. The number of urea groups is 1. The van der Waals surface area contributed by atoms with Crippen LogP contribution in [0.15, 0.2) is 78.9 Å². The summed E-state index contributed by atoms with van der Waals surface area (Å²) in [5.74, 6) is 0.682. The molecule has 2 fully saturated rings. The second-order valence-electron chi connectivity index (χ2n) is 11.1.